The molecule has 2 amide bonds. The van der Waals surface area contributed by atoms with Crippen molar-refractivity contribution in [3.63, 3.8) is 0 Å². The van der Waals surface area contributed by atoms with Gasteiger partial charge < -0.3 is 20.1 Å². The van der Waals surface area contributed by atoms with Crippen LogP contribution in [0.5, 0.6) is 11.5 Å². The van der Waals surface area contributed by atoms with Crippen molar-refractivity contribution in [3.8, 4) is 11.5 Å². The maximum absolute atomic E-state index is 13.2. The Morgan fingerprint density at radius 1 is 0.788 bits per heavy atom. The number of ether oxygens (including phenoxy) is 2. The minimum Gasteiger partial charge on any atom is -0.497 e. The van der Waals surface area contributed by atoms with E-state index in [9.17, 15) is 9.59 Å². The molecule has 33 heavy (non-hydrogen) atoms. The smallest absolute Gasteiger partial charge is 0.243 e. The van der Waals surface area contributed by atoms with Crippen LogP contribution in [0.1, 0.15) is 29.7 Å². The predicted octanol–water partition coefficient (Wildman–Crippen LogP) is 3.85. The lowest BCUT2D eigenvalue weighted by atomic mass is 10.0. The Balaban J connectivity index is 1.73. The largest absolute Gasteiger partial charge is 0.497 e. The van der Waals surface area contributed by atoms with Gasteiger partial charge >= 0.3 is 0 Å². The summed E-state index contributed by atoms with van der Waals surface area (Å²) in [5.74, 6) is 0.964. The molecule has 6 nitrogen and oxygen atoms in total. The highest BCUT2D eigenvalue weighted by molar-refractivity contribution is 5.88. The Morgan fingerprint density at radius 2 is 1.48 bits per heavy atom. The van der Waals surface area contributed by atoms with E-state index in [-0.39, 0.29) is 24.3 Å². The molecule has 3 aromatic carbocycles. The van der Waals surface area contributed by atoms with Crippen LogP contribution in [0.2, 0.25) is 0 Å². The van der Waals surface area contributed by atoms with Crippen molar-refractivity contribution in [2.24, 2.45) is 0 Å². The van der Waals surface area contributed by atoms with Crippen molar-refractivity contribution in [1.82, 2.24) is 10.6 Å². The van der Waals surface area contributed by atoms with Gasteiger partial charge in [0.1, 0.15) is 17.5 Å². The summed E-state index contributed by atoms with van der Waals surface area (Å²) in [4.78, 5) is 26.0. The van der Waals surface area contributed by atoms with Crippen molar-refractivity contribution in [2.75, 3.05) is 14.2 Å². The van der Waals surface area contributed by atoms with Crippen molar-refractivity contribution in [3.05, 3.63) is 95.6 Å². The van der Waals surface area contributed by atoms with E-state index in [0.29, 0.717) is 12.2 Å². The number of benzene rings is 3. The highest BCUT2D eigenvalue weighted by atomic mass is 16.5. The molecule has 0 aromatic heterocycles. The summed E-state index contributed by atoms with van der Waals surface area (Å²) in [6, 6.07) is 23.6. The van der Waals surface area contributed by atoms with E-state index in [1.165, 1.54) is 0 Å². The fourth-order valence-corrected chi connectivity index (χ4v) is 3.56. The number of carbonyl (C=O) groups excluding carboxylic acids is 2. The summed E-state index contributed by atoms with van der Waals surface area (Å²) in [5.41, 5.74) is 2.73. The number of methoxy groups -OCH3 is 2. The molecule has 0 spiro atoms. The molecule has 0 unspecified atom stereocenters. The lowest BCUT2D eigenvalue weighted by Crippen LogP contribution is -2.49. The van der Waals surface area contributed by atoms with Gasteiger partial charge in [-0.05, 0) is 47.9 Å². The van der Waals surface area contributed by atoms with Crippen LogP contribution in [0.25, 0.3) is 0 Å². The van der Waals surface area contributed by atoms with Crippen LogP contribution in [-0.2, 0) is 22.4 Å². The van der Waals surface area contributed by atoms with E-state index in [1.807, 2.05) is 85.8 Å². The normalized spacial score (nSPS) is 12.3. The Hall–Kier alpha value is -3.80. The molecule has 3 rings (SSSR count). The molecule has 6 heteroatoms. The van der Waals surface area contributed by atoms with Gasteiger partial charge in [0.05, 0.1) is 26.7 Å². The molecule has 0 saturated carbocycles. The molecule has 0 bridgehead atoms. The summed E-state index contributed by atoms with van der Waals surface area (Å²) in [6.45, 7) is 1.93. The average molecular weight is 447 g/mol. The molecule has 0 aliphatic carbocycles. The first-order valence-corrected chi connectivity index (χ1v) is 10.9. The van der Waals surface area contributed by atoms with Crippen LogP contribution in [0.15, 0.2) is 78.9 Å². The minimum absolute atomic E-state index is 0.167. The molecule has 0 radical (unpaired) electrons. The van der Waals surface area contributed by atoms with Crippen molar-refractivity contribution in [2.45, 2.75) is 31.8 Å². The third-order valence-corrected chi connectivity index (χ3v) is 5.41. The molecular weight excluding hydrogens is 416 g/mol. The third-order valence-electron chi connectivity index (χ3n) is 5.41. The van der Waals surface area contributed by atoms with Gasteiger partial charge in [-0.3, -0.25) is 9.59 Å². The fourth-order valence-electron chi connectivity index (χ4n) is 3.56. The monoisotopic (exact) mass is 446 g/mol. The second kappa shape index (κ2) is 11.7. The molecule has 2 N–H and O–H groups in total. The Labute approximate surface area is 194 Å². The van der Waals surface area contributed by atoms with Gasteiger partial charge in [-0.1, -0.05) is 54.6 Å². The topological polar surface area (TPSA) is 76.7 Å². The molecule has 0 aliphatic heterocycles. The first kappa shape index (κ1) is 23.9. The van der Waals surface area contributed by atoms with Crippen LogP contribution in [0.3, 0.4) is 0 Å². The van der Waals surface area contributed by atoms with Crippen molar-refractivity contribution in [1.29, 1.82) is 0 Å². The Bertz CT molecular complexity index is 1050. The van der Waals surface area contributed by atoms with Crippen LogP contribution in [0, 0.1) is 0 Å². The standard InChI is InChI=1S/C27H30N2O4/c1-19(22-9-5-4-6-10-22)28-27(31)25(17-21-8-7-11-24(16-21)33-3)29-26(30)18-20-12-14-23(32-2)15-13-20/h4-16,19,25H,17-18H2,1-3H3,(H,28,31)(H,29,30)/t19-,25+/m1/s1. The summed E-state index contributed by atoms with van der Waals surface area (Å²) >= 11 is 0. The van der Waals surface area contributed by atoms with Gasteiger partial charge in [-0.2, -0.15) is 0 Å². The van der Waals surface area contributed by atoms with Crippen molar-refractivity contribution >= 4 is 11.8 Å². The maximum Gasteiger partial charge on any atom is 0.243 e. The van der Waals surface area contributed by atoms with Gasteiger partial charge in [-0.15, -0.1) is 0 Å². The Morgan fingerprint density at radius 3 is 2.15 bits per heavy atom. The maximum atomic E-state index is 13.2. The summed E-state index contributed by atoms with van der Waals surface area (Å²) in [7, 11) is 3.20. The van der Waals surface area contributed by atoms with Crippen LogP contribution in [0.4, 0.5) is 0 Å². The van der Waals surface area contributed by atoms with Gasteiger partial charge in [0.15, 0.2) is 0 Å². The second-order valence-electron chi connectivity index (χ2n) is 7.84. The quantitative estimate of drug-likeness (QED) is 0.496. The van der Waals surface area contributed by atoms with Crippen LogP contribution < -0.4 is 20.1 Å². The average Bonchev–Trinajstić information content (AvgIpc) is 2.84. The first-order valence-electron chi connectivity index (χ1n) is 10.9. The van der Waals surface area contributed by atoms with E-state index >= 15 is 0 Å². The van der Waals surface area contributed by atoms with E-state index in [0.717, 1.165) is 22.4 Å². The van der Waals surface area contributed by atoms with E-state index in [1.54, 1.807) is 14.2 Å². The third kappa shape index (κ3) is 7.10. The number of hydrogen-bond donors (Lipinski definition) is 2. The van der Waals surface area contributed by atoms with Crippen LogP contribution in [-0.4, -0.2) is 32.1 Å². The lowest BCUT2D eigenvalue weighted by Gasteiger charge is -2.22. The van der Waals surface area contributed by atoms with Gasteiger partial charge in [0, 0.05) is 6.42 Å². The zero-order valence-electron chi connectivity index (χ0n) is 19.2. The molecule has 2 atom stereocenters. The summed E-state index contributed by atoms with van der Waals surface area (Å²) in [6.07, 6.45) is 0.513. The van der Waals surface area contributed by atoms with E-state index in [4.69, 9.17) is 9.47 Å². The molecule has 172 valence electrons. The first-order chi connectivity index (χ1) is 16.0. The van der Waals surface area contributed by atoms with Gasteiger partial charge in [0.25, 0.3) is 0 Å². The number of rotatable bonds is 10. The SMILES string of the molecule is COc1ccc(CC(=O)N[C@@H](Cc2cccc(OC)c2)C(=O)N[C@H](C)c2ccccc2)cc1. The van der Waals surface area contributed by atoms with Gasteiger partial charge in [0.2, 0.25) is 11.8 Å². The molecule has 3 aromatic rings. The zero-order valence-corrected chi connectivity index (χ0v) is 19.2. The molecule has 0 heterocycles. The molecular formula is C27H30N2O4. The second-order valence-corrected chi connectivity index (χ2v) is 7.84. The minimum atomic E-state index is -0.728. The number of nitrogens with one attached hydrogen (secondary N) is 2. The number of hydrogen-bond acceptors (Lipinski definition) is 4. The van der Waals surface area contributed by atoms with Crippen molar-refractivity contribution < 1.29 is 19.1 Å². The molecule has 0 aliphatic rings. The number of amides is 2. The highest BCUT2D eigenvalue weighted by Gasteiger charge is 2.23. The predicted molar refractivity (Wildman–Crippen MR) is 128 cm³/mol. The zero-order chi connectivity index (χ0) is 23.6. The number of carbonyl (C=O) groups is 2. The summed E-state index contributed by atoms with van der Waals surface area (Å²) in [5, 5.41) is 5.94. The Kier molecular flexibility index (Phi) is 8.47. The van der Waals surface area contributed by atoms with Crippen LogP contribution >= 0.6 is 0 Å². The molecule has 0 saturated heterocycles. The molecule has 0 fully saturated rings. The highest BCUT2D eigenvalue weighted by Crippen LogP contribution is 2.16. The fraction of sp³-hybridized carbons (Fsp3) is 0.259. The summed E-state index contributed by atoms with van der Waals surface area (Å²) < 4.78 is 10.5. The van der Waals surface area contributed by atoms with Gasteiger partial charge in [-0.25, -0.2) is 0 Å². The van der Waals surface area contributed by atoms with E-state index in [2.05, 4.69) is 10.6 Å². The lowest BCUT2D eigenvalue weighted by molar-refractivity contribution is -0.129. The van der Waals surface area contributed by atoms with E-state index < -0.39 is 6.04 Å².